The van der Waals surface area contributed by atoms with Crippen LogP contribution in [0.4, 0.5) is 0 Å². The zero-order valence-electron chi connectivity index (χ0n) is 26.7. The van der Waals surface area contributed by atoms with Gasteiger partial charge in [0.15, 0.2) is 0 Å². The summed E-state index contributed by atoms with van der Waals surface area (Å²) in [6.45, 7) is 0. The van der Waals surface area contributed by atoms with Gasteiger partial charge in [-0.15, -0.1) is 0 Å². The first-order valence-electron chi connectivity index (χ1n) is 15.5. The van der Waals surface area contributed by atoms with Crippen molar-refractivity contribution in [3.05, 3.63) is 121 Å². The molecule has 0 fully saturated rings. The molecule has 0 bridgehead atoms. The van der Waals surface area contributed by atoms with E-state index in [-0.39, 0.29) is 51.3 Å². The molecule has 0 aliphatic carbocycles. The van der Waals surface area contributed by atoms with Crippen molar-refractivity contribution < 1.29 is 19.8 Å². The Morgan fingerprint density at radius 2 is 1.14 bits per heavy atom. The summed E-state index contributed by atoms with van der Waals surface area (Å²) in [5.74, 6) is 0. The number of fused-ring (bicyclic) bond motifs is 6. The molecule has 6 aromatic carbocycles. The third-order valence-corrected chi connectivity index (χ3v) is 6.79. The summed E-state index contributed by atoms with van der Waals surface area (Å²) in [5, 5.41) is 2.64. The van der Waals surface area contributed by atoms with Crippen molar-refractivity contribution in [1.82, 2.24) is 0 Å². The number of furan rings is 2. The van der Waals surface area contributed by atoms with Gasteiger partial charge in [-0.1, -0.05) is 96.9 Å². The van der Waals surface area contributed by atoms with E-state index in [0.717, 1.165) is 5.39 Å². The number of hydrogen-bond acceptors (Lipinski definition) is 2. The van der Waals surface area contributed by atoms with E-state index in [1.54, 1.807) is 30.3 Å². The Balaban J connectivity index is 1.78. The molecule has 8 aromatic rings. The molecule has 0 spiro atoms. The second-order valence-corrected chi connectivity index (χ2v) is 8.67. The third kappa shape index (κ3) is 2.61. The van der Waals surface area contributed by atoms with Gasteiger partial charge in [-0.2, -0.15) is 0 Å². The lowest BCUT2D eigenvalue weighted by Crippen LogP contribution is -1.91. The highest BCUT2D eigenvalue weighted by molar-refractivity contribution is 6.28. The van der Waals surface area contributed by atoms with Crippen LogP contribution in [0.25, 0.3) is 76.7 Å². The fraction of sp³-hybridized carbons (Fsp3) is 0. The first kappa shape index (κ1) is 13.3. The van der Waals surface area contributed by atoms with Gasteiger partial charge in [0.1, 0.15) is 16.7 Å². The molecule has 0 N–H and O–H groups in total. The summed E-state index contributed by atoms with van der Waals surface area (Å²) in [6.07, 6.45) is 1.52. The van der Waals surface area contributed by atoms with E-state index < -0.39 is 24.2 Å². The molecule has 2 heteroatoms. The summed E-state index contributed by atoms with van der Waals surface area (Å²) in [7, 11) is 0. The van der Waals surface area contributed by atoms with Crippen molar-refractivity contribution in [2.75, 3.05) is 0 Å². The Kier molecular flexibility index (Phi) is 2.71. The summed E-state index contributed by atoms with van der Waals surface area (Å²) in [6, 6.07) is 16.9. The van der Waals surface area contributed by atoms with E-state index >= 15 is 0 Å². The fourth-order valence-corrected chi connectivity index (χ4v) is 5.30. The highest BCUT2D eigenvalue weighted by Gasteiger charge is 2.23. The molecule has 2 heterocycles. The third-order valence-electron chi connectivity index (χ3n) is 6.79. The number of hydrogen-bond donors (Lipinski definition) is 0. The average Bonchev–Trinajstić information content (AvgIpc) is 3.67. The molecule has 0 aliphatic rings. The van der Waals surface area contributed by atoms with E-state index in [2.05, 4.69) is 0 Å². The molecular formula is C34H20O2. The zero-order chi connectivity index (χ0) is 30.6. The smallest absolute Gasteiger partial charge is 0.144 e. The molecule has 0 unspecified atom stereocenters. The molecule has 0 amide bonds. The van der Waals surface area contributed by atoms with Crippen LogP contribution in [0.15, 0.2) is 130 Å². The molecule has 168 valence electrons. The van der Waals surface area contributed by atoms with Crippen LogP contribution in [-0.4, -0.2) is 0 Å². The average molecular weight is 469 g/mol. The second-order valence-electron chi connectivity index (χ2n) is 8.67. The molecule has 0 saturated heterocycles. The van der Waals surface area contributed by atoms with E-state index in [9.17, 15) is 2.74 Å². The summed E-state index contributed by atoms with van der Waals surface area (Å²) >= 11 is 0. The molecule has 8 rings (SSSR count). The minimum absolute atomic E-state index is 0.128. The molecule has 0 saturated carbocycles. The molecule has 36 heavy (non-hydrogen) atoms. The second kappa shape index (κ2) is 7.34. The number of benzene rings is 6. The van der Waals surface area contributed by atoms with Crippen molar-refractivity contribution in [1.29, 1.82) is 0 Å². The van der Waals surface area contributed by atoms with Crippen LogP contribution in [0.1, 0.15) is 11.0 Å². The lowest BCUT2D eigenvalue weighted by atomic mass is 9.85. The first-order chi connectivity index (χ1) is 21.2. The van der Waals surface area contributed by atoms with Gasteiger partial charge in [-0.05, 0) is 50.9 Å². The molecule has 2 aromatic heterocycles. The zero-order valence-corrected chi connectivity index (χ0v) is 18.7. The van der Waals surface area contributed by atoms with Gasteiger partial charge in [-0.25, -0.2) is 0 Å². The first-order valence-corrected chi connectivity index (χ1v) is 11.5. The predicted molar refractivity (Wildman–Crippen MR) is 149 cm³/mol. The monoisotopic (exact) mass is 468 g/mol. The lowest BCUT2D eigenvalue weighted by molar-refractivity contribution is 0.616. The Bertz CT molecular complexity index is 2450. The Labute approximate surface area is 218 Å². The van der Waals surface area contributed by atoms with E-state index in [0.29, 0.717) is 44.2 Å². The Morgan fingerprint density at radius 3 is 1.86 bits per heavy atom. The van der Waals surface area contributed by atoms with Gasteiger partial charge >= 0.3 is 0 Å². The Hall–Kier alpha value is -4.82. The quantitative estimate of drug-likeness (QED) is 0.236. The number of rotatable bonds is 2. The lowest BCUT2D eigenvalue weighted by Gasteiger charge is -2.18. The predicted octanol–water partition coefficient (Wildman–Crippen LogP) is 9.97. The van der Waals surface area contributed by atoms with Crippen LogP contribution in [-0.2, 0) is 0 Å². The summed E-state index contributed by atoms with van der Waals surface area (Å²) < 4.78 is 83.6. The summed E-state index contributed by atoms with van der Waals surface area (Å²) in [4.78, 5) is 0. The fourth-order valence-electron chi connectivity index (χ4n) is 5.30. The highest BCUT2D eigenvalue weighted by Crippen LogP contribution is 2.48. The van der Waals surface area contributed by atoms with E-state index in [1.807, 2.05) is 36.4 Å². The molecular weight excluding hydrogens is 440 g/mol. The largest absolute Gasteiger partial charge is 0.464 e. The van der Waals surface area contributed by atoms with Crippen LogP contribution in [0, 0.1) is 0 Å². The van der Waals surface area contributed by atoms with Gasteiger partial charge in [0.25, 0.3) is 0 Å². The van der Waals surface area contributed by atoms with Crippen molar-refractivity contribution in [3.63, 3.8) is 0 Å². The van der Waals surface area contributed by atoms with Gasteiger partial charge in [0, 0.05) is 27.3 Å². The maximum atomic E-state index is 9.22. The standard InChI is InChI=1S/C34H20O2/c1-2-10-21(11-3-1)31-23-13-4-6-15-25(23)32(26-16-7-5-14-24(26)31)33-27-18-19-35-30(27)20-28-22-12-8-9-17-29(22)36-34(28)33/h1-20H/i4D,5D,6D,7D,13D,14D,15D,16D. The molecule has 0 atom stereocenters. The maximum absolute atomic E-state index is 9.22. The number of para-hydroxylation sites is 1. The summed E-state index contributed by atoms with van der Waals surface area (Å²) in [5.41, 5.74) is 3.01. The van der Waals surface area contributed by atoms with Crippen LogP contribution in [0.5, 0.6) is 0 Å². The van der Waals surface area contributed by atoms with Gasteiger partial charge in [-0.3, -0.25) is 0 Å². The Morgan fingerprint density at radius 1 is 0.500 bits per heavy atom. The molecule has 0 radical (unpaired) electrons. The topological polar surface area (TPSA) is 26.3 Å². The SMILES string of the molecule is [2H]c1c([2H])c([2H])c2c(-c3c4ccoc4cc4c3oc3ccccc34)c3c([2H])c([2H])c([2H])c([2H])c3c(-c3ccccc3)c2c1[2H]. The maximum Gasteiger partial charge on any atom is 0.144 e. The molecule has 0 aliphatic heterocycles. The molecule has 2 nitrogen and oxygen atoms in total. The van der Waals surface area contributed by atoms with Crippen LogP contribution in [0.3, 0.4) is 0 Å². The van der Waals surface area contributed by atoms with Crippen LogP contribution in [0.2, 0.25) is 0 Å². The van der Waals surface area contributed by atoms with Crippen LogP contribution < -0.4 is 0 Å². The van der Waals surface area contributed by atoms with Crippen LogP contribution >= 0.6 is 0 Å². The van der Waals surface area contributed by atoms with Crippen molar-refractivity contribution >= 4 is 54.5 Å². The van der Waals surface area contributed by atoms with E-state index in [4.69, 9.17) is 17.1 Å². The van der Waals surface area contributed by atoms with E-state index in [1.165, 1.54) is 6.26 Å². The minimum Gasteiger partial charge on any atom is -0.464 e. The minimum atomic E-state index is -0.455. The van der Waals surface area contributed by atoms with Crippen molar-refractivity contribution in [3.8, 4) is 22.3 Å². The normalized spacial score (nSPS) is 15.0. The van der Waals surface area contributed by atoms with Gasteiger partial charge < -0.3 is 8.83 Å². The van der Waals surface area contributed by atoms with Crippen molar-refractivity contribution in [2.24, 2.45) is 0 Å². The highest BCUT2D eigenvalue weighted by atomic mass is 16.3. The van der Waals surface area contributed by atoms with Gasteiger partial charge in [0.05, 0.1) is 17.2 Å². The van der Waals surface area contributed by atoms with Crippen molar-refractivity contribution in [2.45, 2.75) is 0 Å². The van der Waals surface area contributed by atoms with Gasteiger partial charge in [0.2, 0.25) is 0 Å².